The summed E-state index contributed by atoms with van der Waals surface area (Å²) in [7, 11) is 1.96. The zero-order valence-electron chi connectivity index (χ0n) is 30.8. The van der Waals surface area contributed by atoms with Crippen LogP contribution in [0.25, 0.3) is 0 Å². The molecule has 274 valence electrons. The second kappa shape index (κ2) is 23.3. The molecule has 0 spiro atoms. The molecule has 0 aliphatic heterocycles. The summed E-state index contributed by atoms with van der Waals surface area (Å²) in [6.45, 7) is 13.9. The van der Waals surface area contributed by atoms with Crippen LogP contribution in [-0.4, -0.2) is 82.3 Å². The van der Waals surface area contributed by atoms with E-state index in [-0.39, 0.29) is 78.4 Å². The first-order valence-electron chi connectivity index (χ1n) is 18.0. The smallest absolute Gasteiger partial charge is 0.158 e. The van der Waals surface area contributed by atoms with E-state index in [0.717, 1.165) is 30.2 Å². The number of nitrogens with one attached hydrogen (secondary N) is 1. The predicted octanol–water partition coefficient (Wildman–Crippen LogP) is 5.41. The van der Waals surface area contributed by atoms with E-state index in [2.05, 4.69) is 11.2 Å². The van der Waals surface area contributed by atoms with Crippen LogP contribution in [-0.2, 0) is 31.1 Å². The van der Waals surface area contributed by atoms with Crippen LogP contribution in [0.3, 0.4) is 0 Å². The van der Waals surface area contributed by atoms with E-state index in [1.165, 1.54) is 12.4 Å². The van der Waals surface area contributed by atoms with Crippen LogP contribution in [0.2, 0.25) is 0 Å². The highest BCUT2D eigenvalue weighted by Gasteiger charge is 2.42. The van der Waals surface area contributed by atoms with Gasteiger partial charge in [-0.15, -0.1) is 4.31 Å². The van der Waals surface area contributed by atoms with Crippen molar-refractivity contribution in [2.45, 2.75) is 124 Å². The predicted molar refractivity (Wildman–Crippen MR) is 199 cm³/mol. The maximum atomic E-state index is 13.3. The number of allylic oxidation sites excluding steroid dienone is 3. The fraction of sp³-hybridized carbons (Fsp3) is 0.737. The van der Waals surface area contributed by atoms with Crippen LogP contribution in [0, 0.1) is 40.9 Å². The number of likely N-dealkylation sites (N-methyl/N-ethyl adjacent to an activating group) is 1. The molecule has 2 rings (SSSR count). The van der Waals surface area contributed by atoms with Gasteiger partial charge in [-0.2, -0.15) is 0 Å². The number of hydrogen-bond acceptors (Lipinski definition) is 9. The molecule has 0 saturated heterocycles. The number of hydrogen-bond donors (Lipinski definition) is 4. The van der Waals surface area contributed by atoms with Crippen LogP contribution in [0.4, 0.5) is 0 Å². The monoisotopic (exact) mass is 692 g/mol. The number of aldehydes is 1. The minimum absolute atomic E-state index is 0.00680. The largest absolute Gasteiger partial charge is 0.404 e. The highest BCUT2D eigenvalue weighted by molar-refractivity contribution is 7.76. The molecule has 1 fully saturated rings. The number of carbonyl (C=O) groups is 3. The lowest BCUT2D eigenvalue weighted by molar-refractivity contribution is -0.131. The van der Waals surface area contributed by atoms with E-state index >= 15 is 0 Å². The zero-order chi connectivity index (χ0) is 36.4. The summed E-state index contributed by atoms with van der Waals surface area (Å²) in [4.78, 5) is 38.5. The number of rotatable bonds is 11. The van der Waals surface area contributed by atoms with Gasteiger partial charge in [-0.3, -0.25) is 9.59 Å². The second-order valence-electron chi connectivity index (χ2n) is 13.7. The molecule has 0 bridgehead atoms. The first-order valence-corrected chi connectivity index (χ1v) is 19.0. The third-order valence-electron chi connectivity index (χ3n) is 10.1. The van der Waals surface area contributed by atoms with Crippen molar-refractivity contribution >= 4 is 36.0 Å². The molecule has 1 saturated carbocycles. The standard InChI is InChI=1S/C36H59N3O6S.C2H6/c1-7-28-17-31(42)10-9-24(3)36(29(12-13-40)15-25(4)34(43)11-8-23(2)14-30(28)21-41)45-32-16-26(5)35(44)33(18-32)39(6)46-22-27(19-37)20-38;1-2/h8,11,13-14,19-20,24-26,28-30,32-33,35-37,41,44H,7,9-10,12,15-18,21-22,38H2,1-6H3;1-2H3/p+1/b11-8+,23-14+,27-20+,37-19?;/t24-,25+,26?,28-,29-,30?,32+,33?,35+,36+;/m0./s1. The molecule has 5 N–H and O–H groups in total. The van der Waals surface area contributed by atoms with Gasteiger partial charge < -0.3 is 30.9 Å². The summed E-state index contributed by atoms with van der Waals surface area (Å²) >= 11 is 0.922. The van der Waals surface area contributed by atoms with Gasteiger partial charge in [0.05, 0.1) is 36.3 Å². The first kappa shape index (κ1) is 43.9. The number of aliphatic hydroxyl groups excluding tert-OH is 2. The molecular weight excluding hydrogens is 627 g/mol. The van der Waals surface area contributed by atoms with Crippen molar-refractivity contribution in [1.29, 1.82) is 5.41 Å². The van der Waals surface area contributed by atoms with E-state index < -0.39 is 6.10 Å². The molecule has 2 aliphatic rings. The Labute approximate surface area is 294 Å². The van der Waals surface area contributed by atoms with Crippen molar-refractivity contribution < 1.29 is 29.3 Å². The minimum atomic E-state index is -0.545. The molecule has 48 heavy (non-hydrogen) atoms. The van der Waals surface area contributed by atoms with E-state index in [9.17, 15) is 24.6 Å². The van der Waals surface area contributed by atoms with Gasteiger partial charge in [0.2, 0.25) is 0 Å². The van der Waals surface area contributed by atoms with Crippen molar-refractivity contribution in [3.05, 3.63) is 35.6 Å². The first-order chi connectivity index (χ1) is 22.9. The number of ether oxygens (including phenoxy) is 1. The van der Waals surface area contributed by atoms with Crippen LogP contribution < -0.4 is 5.73 Å². The summed E-state index contributed by atoms with van der Waals surface area (Å²) in [5.74, 6) is -0.0472. The van der Waals surface area contributed by atoms with Gasteiger partial charge in [0, 0.05) is 62.7 Å². The van der Waals surface area contributed by atoms with Gasteiger partial charge in [0.15, 0.2) is 11.5 Å². The Morgan fingerprint density at radius 2 is 1.81 bits per heavy atom. The maximum absolute atomic E-state index is 13.3. The summed E-state index contributed by atoms with van der Waals surface area (Å²) in [5, 5.41) is 28.8. The van der Waals surface area contributed by atoms with E-state index in [1.807, 2.05) is 54.7 Å². The van der Waals surface area contributed by atoms with Crippen LogP contribution in [0.15, 0.2) is 35.6 Å². The Kier molecular flexibility index (Phi) is 21.3. The highest BCUT2D eigenvalue weighted by atomic mass is 32.2. The Hall–Kier alpha value is -2.11. The Morgan fingerprint density at radius 1 is 1.12 bits per heavy atom. The molecule has 10 atom stereocenters. The van der Waals surface area contributed by atoms with Crippen LogP contribution in [0.5, 0.6) is 0 Å². The second-order valence-corrected chi connectivity index (χ2v) is 14.9. The molecule has 0 amide bonds. The SMILES string of the molecule is CC.CC[C@H]1CC(=O)CC[C@H](C)[C@@H](O[C@@H]2CC(C)[C@@H](O)C(N(C)[SH+]C/C(C=N)=C/N)C2)[C@@H](CC=O)C[C@@H](C)C(=O)/C=C/C(C)=C/C1CO. The molecular formula is C38H66N3O6S+. The highest BCUT2D eigenvalue weighted by Crippen LogP contribution is 2.36. The Balaban J connectivity index is 0.00000565. The number of Topliss-reactive ketones (excluding diaryl/α,β-unsaturated/α-hetero) is 1. The lowest BCUT2D eigenvalue weighted by Crippen LogP contribution is -2.52. The topological polar surface area (TPSA) is 154 Å². The molecule has 3 unspecified atom stereocenters. The lowest BCUT2D eigenvalue weighted by Gasteiger charge is -2.42. The quantitative estimate of drug-likeness (QED) is 0.0971. The molecule has 10 heteroatoms. The summed E-state index contributed by atoms with van der Waals surface area (Å²) < 4.78 is 9.03. The Bertz CT molecular complexity index is 1090. The zero-order valence-corrected chi connectivity index (χ0v) is 31.7. The third-order valence-corrected chi connectivity index (χ3v) is 11.3. The van der Waals surface area contributed by atoms with Gasteiger partial charge in [-0.1, -0.05) is 65.7 Å². The summed E-state index contributed by atoms with van der Waals surface area (Å²) in [5.41, 5.74) is 7.23. The summed E-state index contributed by atoms with van der Waals surface area (Å²) in [6, 6.07) is -0.167. The van der Waals surface area contributed by atoms with E-state index in [1.54, 1.807) is 12.2 Å². The van der Waals surface area contributed by atoms with Crippen molar-refractivity contribution in [1.82, 2.24) is 4.31 Å². The number of carbonyl (C=O) groups excluding carboxylic acids is 3. The fourth-order valence-corrected chi connectivity index (χ4v) is 8.04. The maximum Gasteiger partial charge on any atom is 0.158 e. The van der Waals surface area contributed by atoms with Crippen molar-refractivity contribution in [2.24, 2.45) is 41.2 Å². The van der Waals surface area contributed by atoms with Crippen LogP contribution in [0.1, 0.15) is 99.8 Å². The number of nitrogens with two attached hydrogens (primary N) is 1. The fourth-order valence-electron chi connectivity index (χ4n) is 7.01. The van der Waals surface area contributed by atoms with Crippen LogP contribution >= 0.6 is 0 Å². The van der Waals surface area contributed by atoms with Gasteiger partial charge in [-0.25, -0.2) is 0 Å². The molecule has 9 nitrogen and oxygen atoms in total. The average Bonchev–Trinajstić information content (AvgIpc) is 3.08. The van der Waals surface area contributed by atoms with Gasteiger partial charge in [0.25, 0.3) is 0 Å². The Morgan fingerprint density at radius 3 is 2.40 bits per heavy atom. The minimum Gasteiger partial charge on any atom is -0.404 e. The lowest BCUT2D eigenvalue weighted by atomic mass is 9.78. The van der Waals surface area contributed by atoms with E-state index in [0.29, 0.717) is 49.9 Å². The number of nitrogens with zero attached hydrogens (tertiary/aromatic N) is 1. The van der Waals surface area contributed by atoms with Crippen molar-refractivity contribution in [3.63, 3.8) is 0 Å². The number of thiol groups is 1. The number of aliphatic hydroxyl groups is 2. The van der Waals surface area contributed by atoms with Crippen molar-refractivity contribution in [3.8, 4) is 0 Å². The molecule has 2 aliphatic carbocycles. The molecule has 0 radical (unpaired) electrons. The van der Waals surface area contributed by atoms with Gasteiger partial charge in [0.1, 0.15) is 12.1 Å². The van der Waals surface area contributed by atoms with Gasteiger partial charge >= 0.3 is 0 Å². The molecule has 0 heterocycles. The average molecular weight is 693 g/mol. The normalized spacial score (nSPS) is 34.8. The third kappa shape index (κ3) is 14.0. The van der Waals surface area contributed by atoms with Gasteiger partial charge in [-0.05, 0) is 62.4 Å². The molecule has 0 aromatic rings. The molecule has 0 aromatic carbocycles. The molecule has 0 aromatic heterocycles. The summed E-state index contributed by atoms with van der Waals surface area (Å²) in [6.07, 6.45) is 12.0. The van der Waals surface area contributed by atoms with E-state index in [4.69, 9.17) is 15.9 Å². The van der Waals surface area contributed by atoms with Crippen molar-refractivity contribution in [2.75, 3.05) is 19.4 Å². The number of ketones is 2.